The van der Waals surface area contributed by atoms with E-state index in [0.717, 1.165) is 44.7 Å². The lowest BCUT2D eigenvalue weighted by Gasteiger charge is -2.14. The minimum Gasteiger partial charge on any atom is -0.492 e. The molecule has 2 aromatic carbocycles. The van der Waals surface area contributed by atoms with Gasteiger partial charge in [0.05, 0.1) is 18.3 Å². The highest BCUT2D eigenvalue weighted by Gasteiger charge is 2.19. The molecule has 2 N–H and O–H groups in total. The van der Waals surface area contributed by atoms with Crippen LogP contribution < -0.4 is 10.1 Å². The van der Waals surface area contributed by atoms with Crippen LogP contribution in [0, 0.1) is 6.92 Å². The zero-order valence-corrected chi connectivity index (χ0v) is 16.8. The SMILES string of the molecule is CCSc1cccc(-c2cc(NC)c(OC)c3[nH]c4ncc(C)cc4c23)c1. The van der Waals surface area contributed by atoms with E-state index in [1.54, 1.807) is 7.11 Å². The molecule has 4 rings (SSSR count). The van der Waals surface area contributed by atoms with Gasteiger partial charge in [-0.1, -0.05) is 19.1 Å². The molecule has 5 heteroatoms. The monoisotopic (exact) mass is 377 g/mol. The van der Waals surface area contributed by atoms with E-state index in [1.165, 1.54) is 16.0 Å². The number of pyridine rings is 1. The number of anilines is 1. The van der Waals surface area contributed by atoms with E-state index in [1.807, 2.05) is 25.0 Å². The van der Waals surface area contributed by atoms with Crippen molar-refractivity contribution >= 4 is 39.4 Å². The Morgan fingerprint density at radius 2 is 2.07 bits per heavy atom. The standard InChI is InChI=1S/C22H23N3OS/c1-5-27-15-8-6-7-14(10-15)16-11-18(23-3)21(26-4)20-19(16)17-9-13(2)12-24-22(17)25-20/h6-12,23H,5H2,1-4H3,(H,24,25). The summed E-state index contributed by atoms with van der Waals surface area (Å²) >= 11 is 1.85. The van der Waals surface area contributed by atoms with Gasteiger partial charge in [0.15, 0.2) is 5.75 Å². The maximum Gasteiger partial charge on any atom is 0.166 e. The van der Waals surface area contributed by atoms with E-state index in [0.29, 0.717) is 0 Å². The van der Waals surface area contributed by atoms with Crippen molar-refractivity contribution in [2.75, 3.05) is 25.2 Å². The highest BCUT2D eigenvalue weighted by Crippen LogP contribution is 2.43. The molecule has 0 unspecified atom stereocenters. The van der Waals surface area contributed by atoms with E-state index < -0.39 is 0 Å². The third-order valence-corrected chi connectivity index (χ3v) is 5.62. The number of hydrogen-bond acceptors (Lipinski definition) is 4. The molecule has 0 saturated carbocycles. The molecule has 2 heterocycles. The lowest BCUT2D eigenvalue weighted by molar-refractivity contribution is 0.421. The molecule has 4 nitrogen and oxygen atoms in total. The van der Waals surface area contributed by atoms with Crippen LogP contribution in [0.1, 0.15) is 12.5 Å². The number of benzene rings is 2. The second-order valence-corrected chi connectivity index (χ2v) is 7.84. The smallest absolute Gasteiger partial charge is 0.166 e. The zero-order valence-electron chi connectivity index (χ0n) is 16.0. The van der Waals surface area contributed by atoms with Crippen LogP contribution in [0.15, 0.2) is 47.5 Å². The van der Waals surface area contributed by atoms with Gasteiger partial charge in [-0.05, 0) is 53.6 Å². The molecule has 0 aliphatic carbocycles. The molecule has 27 heavy (non-hydrogen) atoms. The Morgan fingerprint density at radius 1 is 1.22 bits per heavy atom. The van der Waals surface area contributed by atoms with Crippen molar-refractivity contribution in [2.24, 2.45) is 0 Å². The van der Waals surface area contributed by atoms with Crippen molar-refractivity contribution in [2.45, 2.75) is 18.7 Å². The van der Waals surface area contributed by atoms with Gasteiger partial charge in [-0.25, -0.2) is 4.98 Å². The Kier molecular flexibility index (Phi) is 4.70. The molecule has 138 valence electrons. The first-order chi connectivity index (χ1) is 13.2. The number of fused-ring (bicyclic) bond motifs is 3. The average molecular weight is 378 g/mol. The van der Waals surface area contributed by atoms with Crippen molar-refractivity contribution in [1.29, 1.82) is 0 Å². The number of rotatable bonds is 5. The number of aryl methyl sites for hydroxylation is 1. The quantitative estimate of drug-likeness (QED) is 0.428. The summed E-state index contributed by atoms with van der Waals surface area (Å²) in [6.07, 6.45) is 1.89. The van der Waals surface area contributed by atoms with Crippen molar-refractivity contribution in [3.05, 3.63) is 48.2 Å². The summed E-state index contributed by atoms with van der Waals surface area (Å²) in [7, 11) is 3.62. The third kappa shape index (κ3) is 3.02. The van der Waals surface area contributed by atoms with Crippen LogP contribution in [-0.2, 0) is 0 Å². The number of aromatic amines is 1. The van der Waals surface area contributed by atoms with Crippen molar-refractivity contribution in [3.8, 4) is 16.9 Å². The first-order valence-corrected chi connectivity index (χ1v) is 10.0. The lowest BCUT2D eigenvalue weighted by atomic mass is 9.98. The first kappa shape index (κ1) is 17.7. The van der Waals surface area contributed by atoms with Crippen molar-refractivity contribution in [1.82, 2.24) is 9.97 Å². The molecule has 0 saturated heterocycles. The van der Waals surface area contributed by atoms with Crippen LogP contribution in [0.5, 0.6) is 5.75 Å². The van der Waals surface area contributed by atoms with E-state index in [-0.39, 0.29) is 0 Å². The van der Waals surface area contributed by atoms with Crippen LogP contribution in [0.3, 0.4) is 0 Å². The Labute approximate surface area is 163 Å². The van der Waals surface area contributed by atoms with E-state index in [9.17, 15) is 0 Å². The first-order valence-electron chi connectivity index (χ1n) is 9.06. The molecule has 0 aliphatic rings. The molecule has 0 amide bonds. The predicted molar refractivity (Wildman–Crippen MR) is 116 cm³/mol. The lowest BCUT2D eigenvalue weighted by Crippen LogP contribution is -1.96. The molecule has 2 aromatic heterocycles. The minimum atomic E-state index is 0.811. The van der Waals surface area contributed by atoms with Gasteiger partial charge in [-0.2, -0.15) is 0 Å². The molecule has 0 spiro atoms. The number of nitrogens with one attached hydrogen (secondary N) is 2. The fourth-order valence-corrected chi connectivity index (χ4v) is 4.31. The van der Waals surface area contributed by atoms with Gasteiger partial charge in [-0.3, -0.25) is 0 Å². The minimum absolute atomic E-state index is 0.811. The van der Waals surface area contributed by atoms with Gasteiger partial charge < -0.3 is 15.0 Å². The highest BCUT2D eigenvalue weighted by atomic mass is 32.2. The second-order valence-electron chi connectivity index (χ2n) is 6.50. The normalized spacial score (nSPS) is 11.3. The summed E-state index contributed by atoms with van der Waals surface area (Å²) in [4.78, 5) is 9.34. The van der Waals surface area contributed by atoms with Crippen molar-refractivity contribution < 1.29 is 4.74 Å². The van der Waals surface area contributed by atoms with Crippen LogP contribution in [0.2, 0.25) is 0 Å². The number of aromatic nitrogens is 2. The number of thioether (sulfide) groups is 1. The fourth-order valence-electron chi connectivity index (χ4n) is 3.59. The number of ether oxygens (including phenoxy) is 1. The molecular formula is C22H23N3OS. The summed E-state index contributed by atoms with van der Waals surface area (Å²) in [5.41, 5.74) is 6.31. The third-order valence-electron chi connectivity index (χ3n) is 4.75. The molecule has 0 fully saturated rings. The average Bonchev–Trinajstić information content (AvgIpc) is 3.05. The number of hydrogen-bond donors (Lipinski definition) is 2. The van der Waals surface area contributed by atoms with E-state index in [2.05, 4.69) is 65.5 Å². The van der Waals surface area contributed by atoms with E-state index in [4.69, 9.17) is 4.74 Å². The molecule has 0 radical (unpaired) electrons. The maximum atomic E-state index is 5.74. The summed E-state index contributed by atoms with van der Waals surface area (Å²) in [6, 6.07) is 13.1. The summed E-state index contributed by atoms with van der Waals surface area (Å²) in [5.74, 6) is 1.87. The zero-order chi connectivity index (χ0) is 19.0. The Morgan fingerprint density at radius 3 is 2.81 bits per heavy atom. The second kappa shape index (κ2) is 7.16. The van der Waals surface area contributed by atoms with Gasteiger partial charge in [0.1, 0.15) is 5.65 Å². The number of H-pyrrole nitrogens is 1. The van der Waals surface area contributed by atoms with Crippen LogP contribution >= 0.6 is 11.8 Å². The molecule has 0 atom stereocenters. The Balaban J connectivity index is 2.11. The topological polar surface area (TPSA) is 49.9 Å². The summed E-state index contributed by atoms with van der Waals surface area (Å²) < 4.78 is 5.74. The largest absolute Gasteiger partial charge is 0.492 e. The highest BCUT2D eigenvalue weighted by molar-refractivity contribution is 7.99. The molecule has 0 aliphatic heterocycles. The molecule has 0 bridgehead atoms. The van der Waals surface area contributed by atoms with Crippen LogP contribution in [-0.4, -0.2) is 29.9 Å². The van der Waals surface area contributed by atoms with Crippen LogP contribution in [0.4, 0.5) is 5.69 Å². The van der Waals surface area contributed by atoms with Gasteiger partial charge in [0.25, 0.3) is 0 Å². The van der Waals surface area contributed by atoms with Crippen LogP contribution in [0.25, 0.3) is 33.1 Å². The molecular weight excluding hydrogens is 354 g/mol. The maximum absolute atomic E-state index is 5.74. The summed E-state index contributed by atoms with van der Waals surface area (Å²) in [6.45, 7) is 4.25. The van der Waals surface area contributed by atoms with Gasteiger partial charge in [0, 0.05) is 28.9 Å². The van der Waals surface area contributed by atoms with Gasteiger partial charge in [-0.15, -0.1) is 11.8 Å². The van der Waals surface area contributed by atoms with Gasteiger partial charge >= 0.3 is 0 Å². The number of nitrogens with zero attached hydrogens (tertiary/aromatic N) is 1. The van der Waals surface area contributed by atoms with Crippen molar-refractivity contribution in [3.63, 3.8) is 0 Å². The fraction of sp³-hybridized carbons (Fsp3) is 0.227. The Bertz CT molecular complexity index is 1130. The summed E-state index contributed by atoms with van der Waals surface area (Å²) in [5, 5.41) is 5.54. The number of methoxy groups -OCH3 is 1. The predicted octanol–water partition coefficient (Wildman–Crippen LogP) is 5.85. The molecule has 4 aromatic rings. The van der Waals surface area contributed by atoms with Gasteiger partial charge in [0.2, 0.25) is 0 Å². The van der Waals surface area contributed by atoms with E-state index >= 15 is 0 Å². The Hall–Kier alpha value is -2.66.